The molecule has 0 aliphatic rings. The Kier molecular flexibility index (Phi) is 3.65. The Balaban J connectivity index is 2.18. The van der Waals surface area contributed by atoms with Crippen molar-refractivity contribution in [2.45, 2.75) is 20.4 Å². The molecule has 0 saturated heterocycles. The highest BCUT2D eigenvalue weighted by atomic mass is 16.4. The van der Waals surface area contributed by atoms with Crippen molar-refractivity contribution in [2.24, 2.45) is 0 Å². The van der Waals surface area contributed by atoms with Crippen molar-refractivity contribution in [3.8, 4) is 11.1 Å². The number of aromatic nitrogens is 3. The van der Waals surface area contributed by atoms with E-state index in [1.54, 1.807) is 23.2 Å². The molecule has 2 aromatic heterocycles. The van der Waals surface area contributed by atoms with Gasteiger partial charge in [-0.3, -0.25) is 9.59 Å². The number of rotatable bonds is 4. The van der Waals surface area contributed by atoms with Gasteiger partial charge in [-0.05, 0) is 31.5 Å². The summed E-state index contributed by atoms with van der Waals surface area (Å²) < 4.78 is 1.57. The lowest BCUT2D eigenvalue weighted by Gasteiger charge is -2.04. The zero-order valence-corrected chi connectivity index (χ0v) is 12.8. The second-order valence-corrected chi connectivity index (χ2v) is 5.37. The summed E-state index contributed by atoms with van der Waals surface area (Å²) in [5.74, 6) is -0.365. The Morgan fingerprint density at radius 3 is 2.48 bits per heavy atom. The summed E-state index contributed by atoms with van der Waals surface area (Å²) in [6, 6.07) is 5.57. The van der Waals surface area contributed by atoms with Gasteiger partial charge in [0.1, 0.15) is 12.4 Å². The van der Waals surface area contributed by atoms with Crippen LogP contribution in [-0.4, -0.2) is 31.4 Å². The van der Waals surface area contributed by atoms with Crippen molar-refractivity contribution >= 4 is 22.7 Å². The number of nitrogens with zero attached hydrogens (tertiary/aromatic N) is 3. The summed E-state index contributed by atoms with van der Waals surface area (Å²) in [4.78, 5) is 31.2. The van der Waals surface area contributed by atoms with Crippen LogP contribution in [0.25, 0.3) is 22.0 Å². The van der Waals surface area contributed by atoms with Crippen molar-refractivity contribution in [2.75, 3.05) is 0 Å². The fourth-order valence-corrected chi connectivity index (χ4v) is 2.58. The highest BCUT2D eigenvalue weighted by Crippen LogP contribution is 2.28. The third-order valence-corrected chi connectivity index (χ3v) is 3.68. The number of benzene rings is 1. The zero-order valence-electron chi connectivity index (χ0n) is 12.8. The van der Waals surface area contributed by atoms with Gasteiger partial charge in [-0.1, -0.05) is 6.07 Å². The molecule has 3 aromatic rings. The molecule has 0 saturated carbocycles. The lowest BCUT2D eigenvalue weighted by Crippen LogP contribution is -2.07. The third kappa shape index (κ3) is 2.83. The van der Waals surface area contributed by atoms with Gasteiger partial charge in [0.15, 0.2) is 5.78 Å². The van der Waals surface area contributed by atoms with Crippen LogP contribution in [0.3, 0.4) is 0 Å². The minimum atomic E-state index is -0.951. The molecular formula is C17H15N3O3. The molecule has 1 N–H and O–H groups in total. The number of hydrogen-bond acceptors (Lipinski definition) is 4. The normalized spacial score (nSPS) is 10.9. The molecule has 0 atom stereocenters. The molecule has 116 valence electrons. The Bertz CT molecular complexity index is 911. The van der Waals surface area contributed by atoms with Crippen LogP contribution in [0.1, 0.15) is 23.1 Å². The maximum atomic E-state index is 11.9. The molecule has 0 radical (unpaired) electrons. The summed E-state index contributed by atoms with van der Waals surface area (Å²) in [5, 5.41) is 9.74. The number of aliphatic carboxylic acids is 1. The molecule has 2 heterocycles. The first-order chi connectivity index (χ1) is 11.0. The van der Waals surface area contributed by atoms with E-state index in [9.17, 15) is 9.59 Å². The first-order valence-electron chi connectivity index (χ1n) is 7.10. The molecular weight excluding hydrogens is 294 g/mol. The van der Waals surface area contributed by atoms with Gasteiger partial charge in [0, 0.05) is 40.6 Å². The standard InChI is InChI=1S/C17H15N3O3/c1-10(21)15-8-20(9-17(22)23)16-4-3-12(5-14(15)16)13-6-18-11(2)19-7-13/h3-8H,9H2,1-2H3,(H,22,23). The van der Waals surface area contributed by atoms with Gasteiger partial charge in [0.05, 0.1) is 0 Å². The second-order valence-electron chi connectivity index (χ2n) is 5.37. The first-order valence-corrected chi connectivity index (χ1v) is 7.10. The van der Waals surface area contributed by atoms with E-state index < -0.39 is 5.97 Å². The van der Waals surface area contributed by atoms with Crippen molar-refractivity contribution in [1.82, 2.24) is 14.5 Å². The van der Waals surface area contributed by atoms with E-state index in [1.807, 2.05) is 25.1 Å². The maximum Gasteiger partial charge on any atom is 0.323 e. The fraction of sp³-hybridized carbons (Fsp3) is 0.176. The number of ketones is 1. The van der Waals surface area contributed by atoms with Crippen LogP contribution in [0.2, 0.25) is 0 Å². The summed E-state index contributed by atoms with van der Waals surface area (Å²) in [6.07, 6.45) is 5.05. The van der Waals surface area contributed by atoms with Gasteiger partial charge in [-0.2, -0.15) is 0 Å². The number of Topliss-reactive ketones (excluding diaryl/α,β-unsaturated/α-hetero) is 1. The minimum absolute atomic E-state index is 0.101. The van der Waals surface area contributed by atoms with Crippen LogP contribution in [0.5, 0.6) is 0 Å². The van der Waals surface area contributed by atoms with Crippen molar-refractivity contribution in [3.05, 3.63) is 48.2 Å². The molecule has 0 bridgehead atoms. The largest absolute Gasteiger partial charge is 0.480 e. The zero-order chi connectivity index (χ0) is 16.6. The van der Waals surface area contributed by atoms with Crippen LogP contribution in [0.15, 0.2) is 36.8 Å². The van der Waals surface area contributed by atoms with Crippen LogP contribution >= 0.6 is 0 Å². The summed E-state index contributed by atoms with van der Waals surface area (Å²) in [6.45, 7) is 3.10. The van der Waals surface area contributed by atoms with E-state index in [-0.39, 0.29) is 12.3 Å². The average molecular weight is 309 g/mol. The van der Waals surface area contributed by atoms with Gasteiger partial charge in [0.25, 0.3) is 0 Å². The molecule has 0 fully saturated rings. The number of hydrogen-bond donors (Lipinski definition) is 1. The third-order valence-electron chi connectivity index (χ3n) is 3.68. The average Bonchev–Trinajstić information content (AvgIpc) is 2.85. The van der Waals surface area contributed by atoms with Crippen LogP contribution in [0, 0.1) is 6.92 Å². The van der Waals surface area contributed by atoms with Gasteiger partial charge < -0.3 is 9.67 Å². The molecule has 0 spiro atoms. The number of carbonyl (C=O) groups excluding carboxylic acids is 1. The fourth-order valence-electron chi connectivity index (χ4n) is 2.58. The quantitative estimate of drug-likeness (QED) is 0.749. The summed E-state index contributed by atoms with van der Waals surface area (Å²) >= 11 is 0. The Labute approximate surface area is 132 Å². The van der Waals surface area contributed by atoms with E-state index in [0.717, 1.165) is 22.0 Å². The monoisotopic (exact) mass is 309 g/mol. The highest BCUT2D eigenvalue weighted by molar-refractivity contribution is 6.08. The lowest BCUT2D eigenvalue weighted by molar-refractivity contribution is -0.137. The van der Waals surface area contributed by atoms with E-state index >= 15 is 0 Å². The molecule has 0 aliphatic heterocycles. The second kappa shape index (κ2) is 5.64. The first kappa shape index (κ1) is 14.9. The van der Waals surface area contributed by atoms with Crippen LogP contribution < -0.4 is 0 Å². The summed E-state index contributed by atoms with van der Waals surface area (Å²) in [5.41, 5.74) is 2.96. The maximum absolute atomic E-state index is 11.9. The Hall–Kier alpha value is -3.02. The van der Waals surface area contributed by atoms with Gasteiger partial charge in [-0.25, -0.2) is 9.97 Å². The van der Waals surface area contributed by atoms with Gasteiger partial charge in [-0.15, -0.1) is 0 Å². The molecule has 0 unspecified atom stereocenters. The summed E-state index contributed by atoms with van der Waals surface area (Å²) in [7, 11) is 0. The molecule has 6 heteroatoms. The van der Waals surface area contributed by atoms with Crippen LogP contribution in [0.4, 0.5) is 0 Å². The van der Waals surface area contributed by atoms with Gasteiger partial charge >= 0.3 is 5.97 Å². The number of carbonyl (C=O) groups is 2. The smallest absolute Gasteiger partial charge is 0.323 e. The number of fused-ring (bicyclic) bond motifs is 1. The SMILES string of the molecule is CC(=O)c1cn(CC(=O)O)c2ccc(-c3cnc(C)nc3)cc12. The molecule has 3 rings (SSSR count). The van der Waals surface area contributed by atoms with E-state index in [1.165, 1.54) is 6.92 Å². The Morgan fingerprint density at radius 1 is 1.17 bits per heavy atom. The van der Waals surface area contributed by atoms with Crippen LogP contribution in [-0.2, 0) is 11.3 Å². The molecule has 1 aromatic carbocycles. The van der Waals surface area contributed by atoms with E-state index in [0.29, 0.717) is 11.4 Å². The van der Waals surface area contributed by atoms with E-state index in [2.05, 4.69) is 9.97 Å². The highest BCUT2D eigenvalue weighted by Gasteiger charge is 2.14. The number of carboxylic acid groups (broad SMARTS) is 1. The number of aryl methyl sites for hydroxylation is 1. The lowest BCUT2D eigenvalue weighted by atomic mass is 10.0. The van der Waals surface area contributed by atoms with Crippen molar-refractivity contribution < 1.29 is 14.7 Å². The molecule has 6 nitrogen and oxygen atoms in total. The van der Waals surface area contributed by atoms with Gasteiger partial charge in [0.2, 0.25) is 0 Å². The molecule has 0 aliphatic carbocycles. The van der Waals surface area contributed by atoms with Crippen molar-refractivity contribution in [1.29, 1.82) is 0 Å². The van der Waals surface area contributed by atoms with Crippen molar-refractivity contribution in [3.63, 3.8) is 0 Å². The molecule has 0 amide bonds. The number of carboxylic acids is 1. The Morgan fingerprint density at radius 2 is 1.87 bits per heavy atom. The predicted molar refractivity (Wildman–Crippen MR) is 85.3 cm³/mol. The predicted octanol–water partition coefficient (Wildman–Crippen LogP) is 2.69. The topological polar surface area (TPSA) is 85.1 Å². The minimum Gasteiger partial charge on any atom is -0.480 e. The van der Waals surface area contributed by atoms with E-state index in [4.69, 9.17) is 5.11 Å². The molecule has 23 heavy (non-hydrogen) atoms.